The number of piperidine rings is 1. The van der Waals surface area contributed by atoms with E-state index in [2.05, 4.69) is 32.8 Å². The predicted octanol–water partition coefficient (Wildman–Crippen LogP) is 4.46. The Hall–Kier alpha value is -2.58. The second kappa shape index (κ2) is 7.54. The second-order valence-electron chi connectivity index (χ2n) is 6.27. The van der Waals surface area contributed by atoms with Crippen molar-refractivity contribution in [2.45, 2.75) is 25.7 Å². The molecule has 128 valence electrons. The molecule has 2 aromatic heterocycles. The number of likely N-dealkylation sites (tertiary alicyclic amines) is 1. The van der Waals surface area contributed by atoms with Crippen LogP contribution in [0, 0.1) is 11.3 Å². The number of nitrogens with zero attached hydrogens (tertiary/aromatic N) is 4. The van der Waals surface area contributed by atoms with Crippen LogP contribution in [0.1, 0.15) is 36.8 Å². The van der Waals surface area contributed by atoms with E-state index in [9.17, 15) is 0 Å². The molecule has 1 N–H and O–H groups in total. The summed E-state index contributed by atoms with van der Waals surface area (Å²) in [6, 6.07) is 9.41. The smallest absolute Gasteiger partial charge is 0.133 e. The van der Waals surface area contributed by atoms with Gasteiger partial charge < -0.3 is 10.2 Å². The lowest BCUT2D eigenvalue weighted by molar-refractivity contribution is 0.264. The number of pyridine rings is 2. The molecule has 0 radical (unpaired) electrons. The lowest BCUT2D eigenvalue weighted by atomic mass is 9.90. The SMILES string of the molecule is C=C(C)N1CCC(c2cc(Cl)nc(Nc3cc(C#N)ccn3)c2)CC1. The van der Waals surface area contributed by atoms with Gasteiger partial charge in [-0.25, -0.2) is 9.97 Å². The summed E-state index contributed by atoms with van der Waals surface area (Å²) in [5.74, 6) is 1.68. The number of nitriles is 1. The van der Waals surface area contributed by atoms with Crippen molar-refractivity contribution in [1.29, 1.82) is 5.26 Å². The number of hydrogen-bond acceptors (Lipinski definition) is 5. The summed E-state index contributed by atoms with van der Waals surface area (Å²) >= 11 is 6.22. The third-order valence-corrected chi connectivity index (χ3v) is 4.66. The lowest BCUT2D eigenvalue weighted by Crippen LogP contribution is -2.31. The molecule has 2 aromatic rings. The fourth-order valence-electron chi connectivity index (χ4n) is 3.11. The molecule has 0 aliphatic carbocycles. The van der Waals surface area contributed by atoms with E-state index < -0.39 is 0 Å². The Morgan fingerprint density at radius 2 is 2.08 bits per heavy atom. The Morgan fingerprint density at radius 1 is 1.32 bits per heavy atom. The van der Waals surface area contributed by atoms with Crippen LogP contribution in [0.25, 0.3) is 0 Å². The van der Waals surface area contributed by atoms with Gasteiger partial charge in [0.05, 0.1) is 11.6 Å². The zero-order valence-corrected chi connectivity index (χ0v) is 14.9. The van der Waals surface area contributed by atoms with Gasteiger partial charge in [0.25, 0.3) is 0 Å². The van der Waals surface area contributed by atoms with Gasteiger partial charge in [-0.2, -0.15) is 5.26 Å². The molecule has 0 atom stereocenters. The van der Waals surface area contributed by atoms with E-state index in [-0.39, 0.29) is 0 Å². The van der Waals surface area contributed by atoms with Gasteiger partial charge in [0.1, 0.15) is 16.8 Å². The maximum Gasteiger partial charge on any atom is 0.133 e. The molecule has 0 aromatic carbocycles. The van der Waals surface area contributed by atoms with E-state index in [1.54, 1.807) is 18.3 Å². The Balaban J connectivity index is 1.77. The molecule has 1 aliphatic heterocycles. The van der Waals surface area contributed by atoms with Crippen LogP contribution in [0.3, 0.4) is 0 Å². The number of anilines is 2. The summed E-state index contributed by atoms with van der Waals surface area (Å²) in [6.45, 7) is 8.09. The molecule has 6 heteroatoms. The van der Waals surface area contributed by atoms with Crippen molar-refractivity contribution in [3.8, 4) is 6.07 Å². The zero-order valence-electron chi connectivity index (χ0n) is 14.2. The molecule has 3 heterocycles. The fraction of sp³-hybridized carbons (Fsp3) is 0.316. The van der Waals surface area contributed by atoms with Gasteiger partial charge in [0.2, 0.25) is 0 Å². The van der Waals surface area contributed by atoms with E-state index in [1.807, 2.05) is 19.1 Å². The van der Waals surface area contributed by atoms with Gasteiger partial charge in [-0.1, -0.05) is 18.2 Å². The molecule has 25 heavy (non-hydrogen) atoms. The molecule has 1 fully saturated rings. The number of nitrogens with one attached hydrogen (secondary N) is 1. The lowest BCUT2D eigenvalue weighted by Gasteiger charge is -2.34. The predicted molar refractivity (Wildman–Crippen MR) is 99.8 cm³/mol. The average molecular weight is 354 g/mol. The van der Waals surface area contributed by atoms with Gasteiger partial charge in [0, 0.05) is 25.0 Å². The van der Waals surface area contributed by atoms with Crippen molar-refractivity contribution in [2.24, 2.45) is 0 Å². The van der Waals surface area contributed by atoms with Crippen LogP contribution in [0.2, 0.25) is 5.15 Å². The Labute approximate surface area is 153 Å². The minimum absolute atomic E-state index is 0.454. The minimum Gasteiger partial charge on any atom is -0.375 e. The summed E-state index contributed by atoms with van der Waals surface area (Å²) < 4.78 is 0. The molecule has 5 nitrogen and oxygen atoms in total. The number of aromatic nitrogens is 2. The summed E-state index contributed by atoms with van der Waals surface area (Å²) in [7, 11) is 0. The van der Waals surface area contributed by atoms with Gasteiger partial charge >= 0.3 is 0 Å². The standard InChI is InChI=1S/C19H20ClN5/c1-13(2)25-7-4-15(5-8-25)16-10-17(20)23-19(11-16)24-18-9-14(12-21)3-6-22-18/h3,6,9-11,15H,1,4-5,7-8H2,2H3,(H,22,23,24). The van der Waals surface area contributed by atoms with Crippen LogP contribution in [0.5, 0.6) is 0 Å². The van der Waals surface area contributed by atoms with Gasteiger partial charge in [-0.05, 0) is 55.5 Å². The van der Waals surface area contributed by atoms with Gasteiger partial charge in [-0.15, -0.1) is 0 Å². The molecule has 0 unspecified atom stereocenters. The third kappa shape index (κ3) is 4.28. The Kier molecular flexibility index (Phi) is 5.20. The number of hydrogen-bond donors (Lipinski definition) is 1. The molecular formula is C19H20ClN5. The maximum atomic E-state index is 8.99. The van der Waals surface area contributed by atoms with E-state index in [0.717, 1.165) is 31.6 Å². The van der Waals surface area contributed by atoms with Crippen LogP contribution < -0.4 is 5.32 Å². The van der Waals surface area contributed by atoms with E-state index >= 15 is 0 Å². The maximum absolute atomic E-state index is 8.99. The first-order valence-electron chi connectivity index (χ1n) is 8.26. The summed E-state index contributed by atoms with van der Waals surface area (Å²) in [4.78, 5) is 10.9. The van der Waals surface area contributed by atoms with Gasteiger partial charge in [-0.3, -0.25) is 0 Å². The highest BCUT2D eigenvalue weighted by Crippen LogP contribution is 2.32. The topological polar surface area (TPSA) is 64.8 Å². The summed E-state index contributed by atoms with van der Waals surface area (Å²) in [5.41, 5.74) is 2.85. The van der Waals surface area contributed by atoms with Crippen LogP contribution >= 0.6 is 11.6 Å². The molecule has 0 saturated carbocycles. The number of allylic oxidation sites excluding steroid dienone is 1. The van der Waals surface area contributed by atoms with Crippen molar-refractivity contribution in [3.63, 3.8) is 0 Å². The second-order valence-corrected chi connectivity index (χ2v) is 6.66. The van der Waals surface area contributed by atoms with Crippen molar-refractivity contribution < 1.29 is 0 Å². The normalized spacial score (nSPS) is 14.8. The third-order valence-electron chi connectivity index (χ3n) is 4.47. The van der Waals surface area contributed by atoms with Crippen LogP contribution in [0.4, 0.5) is 11.6 Å². The first kappa shape index (κ1) is 17.2. The van der Waals surface area contributed by atoms with Crippen molar-refractivity contribution in [2.75, 3.05) is 18.4 Å². The fourth-order valence-corrected chi connectivity index (χ4v) is 3.33. The first-order valence-corrected chi connectivity index (χ1v) is 8.64. The zero-order chi connectivity index (χ0) is 17.8. The van der Waals surface area contributed by atoms with E-state index in [1.165, 1.54) is 5.56 Å². The highest BCUT2D eigenvalue weighted by atomic mass is 35.5. The van der Waals surface area contributed by atoms with Crippen LogP contribution in [-0.4, -0.2) is 28.0 Å². The molecular weight excluding hydrogens is 334 g/mol. The molecule has 0 amide bonds. The first-order chi connectivity index (χ1) is 12.0. The quantitative estimate of drug-likeness (QED) is 0.822. The largest absolute Gasteiger partial charge is 0.375 e. The highest BCUT2D eigenvalue weighted by Gasteiger charge is 2.21. The monoisotopic (exact) mass is 353 g/mol. The molecule has 1 saturated heterocycles. The van der Waals surface area contributed by atoms with E-state index in [4.69, 9.17) is 16.9 Å². The molecule has 0 bridgehead atoms. The molecule has 3 rings (SSSR count). The summed E-state index contributed by atoms with van der Waals surface area (Å²) in [6.07, 6.45) is 3.73. The van der Waals surface area contributed by atoms with Crippen molar-refractivity contribution in [1.82, 2.24) is 14.9 Å². The molecule has 1 aliphatic rings. The van der Waals surface area contributed by atoms with Gasteiger partial charge in [0.15, 0.2) is 0 Å². The molecule has 0 spiro atoms. The average Bonchev–Trinajstić information content (AvgIpc) is 2.61. The van der Waals surface area contributed by atoms with Crippen LogP contribution in [-0.2, 0) is 0 Å². The van der Waals surface area contributed by atoms with Crippen molar-refractivity contribution in [3.05, 3.63) is 59.0 Å². The number of halogens is 1. The Morgan fingerprint density at radius 3 is 2.76 bits per heavy atom. The van der Waals surface area contributed by atoms with Crippen molar-refractivity contribution >= 4 is 23.2 Å². The highest BCUT2D eigenvalue weighted by molar-refractivity contribution is 6.29. The van der Waals surface area contributed by atoms with Crippen LogP contribution in [0.15, 0.2) is 42.7 Å². The summed E-state index contributed by atoms with van der Waals surface area (Å²) in [5, 5.41) is 12.6. The number of rotatable bonds is 4. The Bertz CT molecular complexity index is 819. The minimum atomic E-state index is 0.454. The van der Waals surface area contributed by atoms with E-state index in [0.29, 0.717) is 28.3 Å².